The van der Waals surface area contributed by atoms with Gasteiger partial charge in [0.05, 0.1) is 40.3 Å². The largest absolute Gasteiger partial charge is 0.544 e. The molecule has 0 N–H and O–H groups in total. The van der Waals surface area contributed by atoms with Crippen LogP contribution in [0, 0.1) is 0 Å². The molecular formula is C60H99NO7. The maximum atomic E-state index is 12.8. The van der Waals surface area contributed by atoms with Gasteiger partial charge in [0, 0.05) is 19.3 Å². The van der Waals surface area contributed by atoms with E-state index in [1.54, 1.807) is 21.1 Å². The maximum Gasteiger partial charge on any atom is 0.306 e. The summed E-state index contributed by atoms with van der Waals surface area (Å²) in [5.41, 5.74) is 0. The van der Waals surface area contributed by atoms with Crippen molar-refractivity contribution < 1.29 is 38.2 Å². The van der Waals surface area contributed by atoms with Gasteiger partial charge in [0.15, 0.2) is 6.10 Å². The molecule has 0 saturated heterocycles. The lowest BCUT2D eigenvalue weighted by Crippen LogP contribution is -2.55. The third-order valence-electron chi connectivity index (χ3n) is 11.4. The molecule has 386 valence electrons. The van der Waals surface area contributed by atoms with Gasteiger partial charge < -0.3 is 28.6 Å². The second kappa shape index (κ2) is 49.4. The highest BCUT2D eigenvalue weighted by Gasteiger charge is 2.25. The first-order valence-electron chi connectivity index (χ1n) is 26.9. The average molecular weight is 946 g/mol. The van der Waals surface area contributed by atoms with Gasteiger partial charge in [-0.1, -0.05) is 194 Å². The van der Waals surface area contributed by atoms with Crippen molar-refractivity contribution in [3.05, 3.63) is 109 Å². The van der Waals surface area contributed by atoms with Crippen molar-refractivity contribution in [2.24, 2.45) is 0 Å². The van der Waals surface area contributed by atoms with Crippen LogP contribution in [0.2, 0.25) is 0 Å². The third kappa shape index (κ3) is 47.1. The Balaban J connectivity index is 4.28. The molecule has 0 aromatic rings. The van der Waals surface area contributed by atoms with Crippen LogP contribution in [0.15, 0.2) is 109 Å². The topological polar surface area (TPSA) is 102 Å². The molecule has 0 heterocycles. The summed E-state index contributed by atoms with van der Waals surface area (Å²) in [4.78, 5) is 37.1. The van der Waals surface area contributed by atoms with Crippen molar-refractivity contribution in [2.75, 3.05) is 41.0 Å². The van der Waals surface area contributed by atoms with Crippen LogP contribution in [0.25, 0.3) is 0 Å². The predicted octanol–water partition coefficient (Wildman–Crippen LogP) is 14.6. The summed E-state index contributed by atoms with van der Waals surface area (Å²) >= 11 is 0. The van der Waals surface area contributed by atoms with E-state index in [4.69, 9.17) is 14.2 Å². The van der Waals surface area contributed by atoms with Crippen LogP contribution in [-0.2, 0) is 28.6 Å². The van der Waals surface area contributed by atoms with Gasteiger partial charge in [-0.3, -0.25) is 9.59 Å². The van der Waals surface area contributed by atoms with Crippen molar-refractivity contribution in [3.63, 3.8) is 0 Å². The van der Waals surface area contributed by atoms with E-state index >= 15 is 0 Å². The molecule has 68 heavy (non-hydrogen) atoms. The molecule has 8 nitrogen and oxygen atoms in total. The van der Waals surface area contributed by atoms with Gasteiger partial charge in [-0.25, -0.2) is 0 Å². The summed E-state index contributed by atoms with van der Waals surface area (Å²) < 4.78 is 17.2. The molecular weight excluding hydrogens is 847 g/mol. The number of esters is 2. The Morgan fingerprint density at radius 2 is 0.779 bits per heavy atom. The molecule has 0 radical (unpaired) electrons. The monoisotopic (exact) mass is 946 g/mol. The molecule has 0 aliphatic heterocycles. The molecule has 2 unspecified atom stereocenters. The molecule has 0 aliphatic rings. The van der Waals surface area contributed by atoms with Gasteiger partial charge in [0.1, 0.15) is 12.6 Å². The zero-order valence-corrected chi connectivity index (χ0v) is 44.0. The van der Waals surface area contributed by atoms with Crippen molar-refractivity contribution in [1.82, 2.24) is 0 Å². The Kier molecular flexibility index (Phi) is 46.5. The molecule has 0 aliphatic carbocycles. The predicted molar refractivity (Wildman–Crippen MR) is 286 cm³/mol. The minimum atomic E-state index is -1.13. The smallest absolute Gasteiger partial charge is 0.306 e. The molecule has 8 heteroatoms. The van der Waals surface area contributed by atoms with Crippen LogP contribution in [-0.4, -0.2) is 75.5 Å². The number of hydrogen-bond acceptors (Lipinski definition) is 7. The number of nitrogens with zero attached hydrogens (tertiary/aromatic N) is 1. The number of carbonyl (C=O) groups excluding carboxylic acids is 3. The Morgan fingerprint density at radius 1 is 0.441 bits per heavy atom. The van der Waals surface area contributed by atoms with E-state index < -0.39 is 18.1 Å². The van der Waals surface area contributed by atoms with Gasteiger partial charge in [-0.2, -0.15) is 0 Å². The number of hydrogen-bond donors (Lipinski definition) is 0. The highest BCUT2D eigenvalue weighted by atomic mass is 16.6. The van der Waals surface area contributed by atoms with Crippen LogP contribution in [0.4, 0.5) is 0 Å². The normalized spacial score (nSPS) is 13.7. The quantitative estimate of drug-likeness (QED) is 0.0259. The lowest BCUT2D eigenvalue weighted by molar-refractivity contribution is -0.889. The Hall–Kier alpha value is -4.01. The van der Waals surface area contributed by atoms with Crippen molar-refractivity contribution in [3.8, 4) is 0 Å². The fourth-order valence-electron chi connectivity index (χ4n) is 7.32. The highest BCUT2D eigenvalue weighted by molar-refractivity contribution is 5.70. The summed E-state index contributed by atoms with van der Waals surface area (Å²) in [5, 5.41) is 11.7. The number of carboxylic acids is 1. The zero-order chi connectivity index (χ0) is 49.9. The number of allylic oxidation sites excluding steroid dienone is 18. The zero-order valence-electron chi connectivity index (χ0n) is 44.0. The van der Waals surface area contributed by atoms with E-state index in [1.807, 2.05) is 0 Å². The van der Waals surface area contributed by atoms with Crippen molar-refractivity contribution in [2.45, 2.75) is 212 Å². The van der Waals surface area contributed by atoms with Gasteiger partial charge in [0.2, 0.25) is 0 Å². The third-order valence-corrected chi connectivity index (χ3v) is 11.4. The number of ether oxygens (including phenoxy) is 3. The van der Waals surface area contributed by atoms with Crippen LogP contribution < -0.4 is 5.11 Å². The van der Waals surface area contributed by atoms with Gasteiger partial charge in [-0.05, 0) is 96.3 Å². The van der Waals surface area contributed by atoms with Crippen LogP contribution in [0.3, 0.4) is 0 Å². The van der Waals surface area contributed by atoms with Crippen LogP contribution in [0.5, 0.6) is 0 Å². The van der Waals surface area contributed by atoms with E-state index in [0.29, 0.717) is 12.8 Å². The molecule has 0 bridgehead atoms. The molecule has 0 rings (SSSR count). The Labute approximate surface area is 417 Å². The molecule has 0 aromatic heterocycles. The number of carbonyl (C=O) groups is 3. The summed E-state index contributed by atoms with van der Waals surface area (Å²) in [5.74, 6) is -1.77. The van der Waals surface area contributed by atoms with E-state index in [-0.39, 0.29) is 42.7 Å². The molecule has 0 fully saturated rings. The first kappa shape index (κ1) is 64.0. The lowest BCUT2D eigenvalue weighted by atomic mass is 10.1. The number of unbranched alkanes of at least 4 members (excludes halogenated alkanes) is 15. The standard InChI is InChI=1S/C60H99NO7/c1-6-8-10-12-14-16-18-20-22-24-26-28-30-32-34-36-38-40-42-44-46-48-50-58(62)67-55-56(54-66-53-52-57(60(64)65)61(3,4)5)68-59(63)51-49-47-45-43-41-39-37-35-33-31-29-27-25-23-21-19-17-15-13-11-9-7-2/h8-11,14-17,20-23,26-29,33,35,56-57H,6-7,12-13,18-19,24-25,30-32,34,36-55H2,1-5H3/b10-8+,11-9+,16-14+,17-15+,22-20+,23-21+,28-26+,29-27+,35-33+. The van der Waals surface area contributed by atoms with E-state index in [9.17, 15) is 19.5 Å². The lowest BCUT2D eigenvalue weighted by Gasteiger charge is -2.34. The van der Waals surface area contributed by atoms with E-state index in [0.717, 1.165) is 116 Å². The average Bonchev–Trinajstić information content (AvgIpc) is 3.30. The first-order chi connectivity index (χ1) is 33.1. The SMILES string of the molecule is CC/C=C/C/C=C/C/C=C/C/C=C/C/C=C/CCCCCCCCC(=O)OC(COCCC(C(=O)[O-])[N+](C)(C)C)COC(=O)CCCCCCCCCCC/C=C/C/C=C/C/C=C/C/C=C/CC. The summed E-state index contributed by atoms with van der Waals surface area (Å²) in [6, 6.07) is -0.737. The molecule has 0 spiro atoms. The molecule has 0 saturated carbocycles. The number of likely N-dealkylation sites (N-methyl/N-ethyl adjacent to an activating group) is 1. The Morgan fingerprint density at radius 3 is 1.15 bits per heavy atom. The van der Waals surface area contributed by atoms with Gasteiger partial charge in [0.25, 0.3) is 0 Å². The number of aliphatic carboxylic acids is 1. The molecule has 0 aromatic carbocycles. The van der Waals surface area contributed by atoms with Crippen LogP contribution in [0.1, 0.15) is 200 Å². The van der Waals surface area contributed by atoms with Crippen LogP contribution >= 0.6 is 0 Å². The van der Waals surface area contributed by atoms with E-state index in [1.165, 1.54) is 51.4 Å². The molecule has 0 amide bonds. The van der Waals surface area contributed by atoms with E-state index in [2.05, 4.69) is 123 Å². The van der Waals surface area contributed by atoms with Gasteiger partial charge >= 0.3 is 11.9 Å². The fourth-order valence-corrected chi connectivity index (χ4v) is 7.32. The summed E-state index contributed by atoms with van der Waals surface area (Å²) in [6.45, 7) is 4.41. The number of quaternary nitrogens is 1. The Bertz CT molecular complexity index is 1470. The summed E-state index contributed by atoms with van der Waals surface area (Å²) in [6.07, 6.45) is 68.3. The van der Waals surface area contributed by atoms with Crippen molar-refractivity contribution in [1.29, 1.82) is 0 Å². The second-order valence-electron chi connectivity index (χ2n) is 18.7. The number of carboxylic acid groups (broad SMARTS) is 1. The minimum Gasteiger partial charge on any atom is -0.544 e. The second-order valence-corrected chi connectivity index (χ2v) is 18.7. The first-order valence-corrected chi connectivity index (χ1v) is 26.9. The number of rotatable bonds is 47. The highest BCUT2D eigenvalue weighted by Crippen LogP contribution is 2.14. The maximum absolute atomic E-state index is 12.8. The summed E-state index contributed by atoms with van der Waals surface area (Å²) in [7, 11) is 5.40. The molecule has 2 atom stereocenters. The fraction of sp³-hybridized carbons (Fsp3) is 0.650. The van der Waals surface area contributed by atoms with Crippen molar-refractivity contribution >= 4 is 17.9 Å². The van der Waals surface area contributed by atoms with Gasteiger partial charge in [-0.15, -0.1) is 0 Å². The minimum absolute atomic E-state index is 0.0260.